The highest BCUT2D eigenvalue weighted by molar-refractivity contribution is 6.38. The van der Waals surface area contributed by atoms with Gasteiger partial charge in [0.1, 0.15) is 11.5 Å². The number of methoxy groups -OCH3 is 2. The average molecular weight is 443 g/mol. The van der Waals surface area contributed by atoms with Crippen LogP contribution in [0.15, 0.2) is 30.6 Å². The third kappa shape index (κ3) is 4.54. The van der Waals surface area contributed by atoms with E-state index in [-0.39, 0.29) is 0 Å². The Balaban J connectivity index is 1.87. The number of aryl methyl sites for hydroxylation is 2. The van der Waals surface area contributed by atoms with Crippen LogP contribution >= 0.6 is 23.2 Å². The van der Waals surface area contributed by atoms with Gasteiger partial charge in [-0.05, 0) is 31.0 Å². The smallest absolute Gasteiger partial charge is 0.227 e. The summed E-state index contributed by atoms with van der Waals surface area (Å²) in [5.74, 6) is 7.16. The number of nitrogens with zero attached hydrogens (tertiary/aromatic N) is 2. The average Bonchev–Trinajstić information content (AvgIpc) is 2.72. The molecule has 1 aromatic heterocycles. The molecule has 3 aromatic rings. The molecule has 154 valence electrons. The van der Waals surface area contributed by atoms with E-state index in [1.807, 2.05) is 26.0 Å². The van der Waals surface area contributed by atoms with Crippen LogP contribution < -0.4 is 20.5 Å². The van der Waals surface area contributed by atoms with Crippen LogP contribution in [0, 0.1) is 25.7 Å². The maximum absolute atomic E-state index is 6.34. The van der Waals surface area contributed by atoms with E-state index in [1.54, 1.807) is 18.5 Å². The largest absolute Gasteiger partial charge is 0.495 e. The molecule has 0 unspecified atom stereocenters. The van der Waals surface area contributed by atoms with E-state index in [1.165, 1.54) is 14.2 Å². The van der Waals surface area contributed by atoms with Gasteiger partial charge in [-0.1, -0.05) is 41.1 Å². The lowest BCUT2D eigenvalue weighted by Crippen LogP contribution is -2.02. The maximum atomic E-state index is 6.34. The van der Waals surface area contributed by atoms with Gasteiger partial charge in [0.15, 0.2) is 0 Å². The summed E-state index contributed by atoms with van der Waals surface area (Å²) in [5, 5.41) is 3.76. The lowest BCUT2D eigenvalue weighted by atomic mass is 10.1. The minimum atomic E-state index is 0.306. The molecular formula is C22H20Cl2N4O2. The predicted octanol–water partition coefficient (Wildman–Crippen LogP) is 5.14. The fraction of sp³-hybridized carbons (Fsp3) is 0.182. The molecule has 0 amide bonds. The number of ether oxygens (including phenoxy) is 2. The zero-order valence-corrected chi connectivity index (χ0v) is 18.4. The van der Waals surface area contributed by atoms with Crippen molar-refractivity contribution in [3.05, 3.63) is 62.9 Å². The summed E-state index contributed by atoms with van der Waals surface area (Å²) in [5.41, 5.74) is 10.6. The first kappa shape index (κ1) is 21.6. The molecule has 6 nitrogen and oxygen atoms in total. The number of anilines is 3. The van der Waals surface area contributed by atoms with Crippen molar-refractivity contribution in [2.24, 2.45) is 0 Å². The molecule has 0 atom stereocenters. The number of nitrogens with two attached hydrogens (primary N) is 1. The van der Waals surface area contributed by atoms with Gasteiger partial charge in [-0.2, -0.15) is 0 Å². The van der Waals surface area contributed by atoms with Crippen LogP contribution in [-0.4, -0.2) is 24.2 Å². The second-order valence-corrected chi connectivity index (χ2v) is 7.26. The molecule has 0 saturated carbocycles. The van der Waals surface area contributed by atoms with Crippen molar-refractivity contribution in [1.29, 1.82) is 0 Å². The molecule has 8 heteroatoms. The Bertz CT molecular complexity index is 1100. The molecule has 0 aliphatic rings. The Morgan fingerprint density at radius 2 is 1.53 bits per heavy atom. The maximum Gasteiger partial charge on any atom is 0.227 e. The van der Waals surface area contributed by atoms with Crippen LogP contribution in [0.4, 0.5) is 17.3 Å². The number of hydrogen-bond acceptors (Lipinski definition) is 6. The van der Waals surface area contributed by atoms with E-state index in [4.69, 9.17) is 38.4 Å². The molecular weight excluding hydrogens is 423 g/mol. The summed E-state index contributed by atoms with van der Waals surface area (Å²) in [6, 6.07) is 5.54. The Morgan fingerprint density at radius 1 is 0.933 bits per heavy atom. The van der Waals surface area contributed by atoms with E-state index < -0.39 is 0 Å². The van der Waals surface area contributed by atoms with Gasteiger partial charge >= 0.3 is 0 Å². The predicted molar refractivity (Wildman–Crippen MR) is 121 cm³/mol. The number of nitrogens with one attached hydrogen (secondary N) is 1. The molecule has 0 aliphatic heterocycles. The second-order valence-electron chi connectivity index (χ2n) is 6.50. The van der Waals surface area contributed by atoms with Gasteiger partial charge in [0.2, 0.25) is 5.95 Å². The van der Waals surface area contributed by atoms with Crippen molar-refractivity contribution >= 4 is 40.5 Å². The number of halogens is 2. The van der Waals surface area contributed by atoms with Gasteiger partial charge < -0.3 is 20.5 Å². The van der Waals surface area contributed by atoms with Crippen molar-refractivity contribution < 1.29 is 9.47 Å². The normalized spacial score (nSPS) is 10.2. The Labute approximate surface area is 185 Å². The van der Waals surface area contributed by atoms with Crippen molar-refractivity contribution in [2.75, 3.05) is 25.3 Å². The van der Waals surface area contributed by atoms with Crippen molar-refractivity contribution in [3.63, 3.8) is 0 Å². The number of hydrogen-bond donors (Lipinski definition) is 2. The first-order valence-corrected chi connectivity index (χ1v) is 9.67. The Morgan fingerprint density at radius 3 is 2.07 bits per heavy atom. The summed E-state index contributed by atoms with van der Waals surface area (Å²) in [6.45, 7) is 3.97. The topological polar surface area (TPSA) is 82.3 Å². The number of rotatable bonds is 4. The minimum absolute atomic E-state index is 0.306. The molecule has 1 heterocycles. The highest BCUT2D eigenvalue weighted by Gasteiger charge is 2.15. The molecule has 0 radical (unpaired) electrons. The summed E-state index contributed by atoms with van der Waals surface area (Å²) in [7, 11) is 3.02. The highest BCUT2D eigenvalue weighted by Crippen LogP contribution is 2.39. The van der Waals surface area contributed by atoms with Gasteiger partial charge in [0.25, 0.3) is 0 Å². The van der Waals surface area contributed by atoms with E-state index in [0.29, 0.717) is 44.3 Å². The van der Waals surface area contributed by atoms with Crippen LogP contribution in [0.25, 0.3) is 0 Å². The van der Waals surface area contributed by atoms with Crippen LogP contribution in [0.2, 0.25) is 10.0 Å². The van der Waals surface area contributed by atoms with E-state index >= 15 is 0 Å². The monoisotopic (exact) mass is 442 g/mol. The molecule has 0 bridgehead atoms. The molecule has 3 rings (SSSR count). The zero-order chi connectivity index (χ0) is 21.8. The van der Waals surface area contributed by atoms with Gasteiger partial charge in [-0.15, -0.1) is 0 Å². The van der Waals surface area contributed by atoms with Gasteiger partial charge in [0.05, 0.1) is 46.8 Å². The van der Waals surface area contributed by atoms with E-state index in [9.17, 15) is 0 Å². The highest BCUT2D eigenvalue weighted by atomic mass is 35.5. The van der Waals surface area contributed by atoms with Crippen LogP contribution in [-0.2, 0) is 0 Å². The Hall–Kier alpha value is -3.14. The summed E-state index contributed by atoms with van der Waals surface area (Å²) in [4.78, 5) is 8.62. The lowest BCUT2D eigenvalue weighted by molar-refractivity contribution is 0.394. The Kier molecular flexibility index (Phi) is 6.56. The van der Waals surface area contributed by atoms with E-state index in [2.05, 4.69) is 27.1 Å². The van der Waals surface area contributed by atoms with Gasteiger partial charge in [-0.3, -0.25) is 0 Å². The molecule has 2 aromatic carbocycles. The summed E-state index contributed by atoms with van der Waals surface area (Å²) in [6.07, 6.45) is 3.20. The summed E-state index contributed by atoms with van der Waals surface area (Å²) < 4.78 is 10.5. The second kappa shape index (κ2) is 9.12. The number of aromatic nitrogens is 2. The molecule has 0 spiro atoms. The number of nitrogen functional groups attached to an aromatic ring is 1. The van der Waals surface area contributed by atoms with Crippen molar-refractivity contribution in [1.82, 2.24) is 9.97 Å². The quantitative estimate of drug-likeness (QED) is 0.429. The summed E-state index contributed by atoms with van der Waals surface area (Å²) >= 11 is 12.7. The minimum Gasteiger partial charge on any atom is -0.495 e. The third-order valence-electron chi connectivity index (χ3n) is 4.30. The van der Waals surface area contributed by atoms with Crippen LogP contribution in [0.5, 0.6) is 11.5 Å². The van der Waals surface area contributed by atoms with Crippen LogP contribution in [0.3, 0.4) is 0 Å². The first-order valence-electron chi connectivity index (χ1n) is 8.91. The van der Waals surface area contributed by atoms with E-state index in [0.717, 1.165) is 16.8 Å². The fourth-order valence-corrected chi connectivity index (χ4v) is 3.47. The molecule has 0 saturated heterocycles. The first-order chi connectivity index (χ1) is 14.3. The zero-order valence-electron chi connectivity index (χ0n) is 16.9. The standard InChI is InChI=1S/C22H20Cl2N4O2/c1-12-7-13(2)21(16(25)8-12)28-22-26-10-14(11-27-22)5-6-15-19(23)17(29-3)9-18(30-4)20(15)24/h7-11H,25H2,1-4H3,(H,26,27,28). The van der Waals surface area contributed by atoms with Gasteiger partial charge in [-0.25, -0.2) is 9.97 Å². The van der Waals surface area contributed by atoms with Crippen molar-refractivity contribution in [2.45, 2.75) is 13.8 Å². The number of benzene rings is 2. The fourth-order valence-electron chi connectivity index (χ4n) is 2.87. The third-order valence-corrected chi connectivity index (χ3v) is 5.05. The molecule has 3 N–H and O–H groups in total. The SMILES string of the molecule is COc1cc(OC)c(Cl)c(C#Cc2cnc(Nc3c(C)cc(C)cc3N)nc2)c1Cl. The molecule has 0 fully saturated rings. The van der Waals surface area contributed by atoms with Crippen LogP contribution in [0.1, 0.15) is 22.3 Å². The molecule has 30 heavy (non-hydrogen) atoms. The molecule has 0 aliphatic carbocycles. The lowest BCUT2D eigenvalue weighted by Gasteiger charge is -2.12. The van der Waals surface area contributed by atoms with Gasteiger partial charge in [0, 0.05) is 18.5 Å². The van der Waals surface area contributed by atoms with Crippen molar-refractivity contribution in [3.8, 4) is 23.3 Å².